The summed E-state index contributed by atoms with van der Waals surface area (Å²) in [6.07, 6.45) is 9.58. The first-order valence-electron chi connectivity index (χ1n) is 13.3. The number of hydrogen-bond acceptors (Lipinski definition) is 3. The van der Waals surface area contributed by atoms with Gasteiger partial charge in [-0.2, -0.15) is 0 Å². The number of hydrogen-bond donors (Lipinski definition) is 2. The van der Waals surface area contributed by atoms with Gasteiger partial charge in [-0.1, -0.05) is 6.92 Å². The van der Waals surface area contributed by atoms with Gasteiger partial charge in [0.1, 0.15) is 11.6 Å². The van der Waals surface area contributed by atoms with Gasteiger partial charge in [-0.3, -0.25) is 9.78 Å². The maximum atomic E-state index is 13.9. The highest BCUT2D eigenvalue weighted by molar-refractivity contribution is 5.98. The molecular formula is C30H33FN4O. The SMILES string of the molecule is Cc1cc(C(=O)NC2CCC2)cc2[nH]c(C(C)C3CCC(c4ccnc5ccc(F)cc45)CC3)nc12. The van der Waals surface area contributed by atoms with Gasteiger partial charge in [0.15, 0.2) is 0 Å². The Kier molecular flexibility index (Phi) is 5.98. The third kappa shape index (κ3) is 4.27. The number of fused-ring (bicyclic) bond motifs is 2. The molecule has 1 unspecified atom stereocenters. The van der Waals surface area contributed by atoms with Crippen LogP contribution in [0.3, 0.4) is 0 Å². The van der Waals surface area contributed by atoms with Crippen LogP contribution in [0.5, 0.6) is 0 Å². The average Bonchev–Trinajstić information content (AvgIpc) is 3.30. The van der Waals surface area contributed by atoms with E-state index in [1.54, 1.807) is 12.1 Å². The maximum absolute atomic E-state index is 13.9. The van der Waals surface area contributed by atoms with E-state index in [1.807, 2.05) is 25.3 Å². The Labute approximate surface area is 210 Å². The Morgan fingerprint density at radius 1 is 1.08 bits per heavy atom. The van der Waals surface area contributed by atoms with Gasteiger partial charge in [-0.15, -0.1) is 0 Å². The van der Waals surface area contributed by atoms with Crippen LogP contribution in [0.15, 0.2) is 42.6 Å². The van der Waals surface area contributed by atoms with Crippen molar-refractivity contribution in [3.63, 3.8) is 0 Å². The molecule has 36 heavy (non-hydrogen) atoms. The fraction of sp³-hybridized carbons (Fsp3) is 0.433. The zero-order valence-corrected chi connectivity index (χ0v) is 21.0. The van der Waals surface area contributed by atoms with Crippen molar-refractivity contribution >= 4 is 27.8 Å². The monoisotopic (exact) mass is 484 g/mol. The molecule has 6 heteroatoms. The number of halogens is 1. The number of carbonyl (C=O) groups excluding carboxylic acids is 1. The molecule has 1 atom stereocenters. The van der Waals surface area contributed by atoms with Crippen LogP contribution < -0.4 is 5.32 Å². The van der Waals surface area contributed by atoms with Crippen LogP contribution >= 0.6 is 0 Å². The Morgan fingerprint density at radius 3 is 2.64 bits per heavy atom. The number of nitrogens with zero attached hydrogens (tertiary/aromatic N) is 2. The van der Waals surface area contributed by atoms with Crippen molar-refractivity contribution < 1.29 is 9.18 Å². The first-order chi connectivity index (χ1) is 17.5. The number of imidazole rings is 1. The van der Waals surface area contributed by atoms with Gasteiger partial charge in [0, 0.05) is 29.1 Å². The molecule has 186 valence electrons. The standard InChI is InChI=1S/C30H33FN4O/c1-17-14-21(30(36)33-23-4-3-5-23)15-27-28(17)35-29(34-27)18(2)19-6-8-20(9-7-19)24-12-13-32-26-11-10-22(31)16-25(24)26/h10-16,18-20,23H,3-9H2,1-2H3,(H,33,36)(H,34,35). The number of amides is 1. The molecule has 0 bridgehead atoms. The third-order valence-electron chi connectivity index (χ3n) is 8.59. The van der Waals surface area contributed by atoms with Gasteiger partial charge in [0.2, 0.25) is 0 Å². The first kappa shape index (κ1) is 23.1. The minimum absolute atomic E-state index is 0.00994. The lowest BCUT2D eigenvalue weighted by molar-refractivity contribution is 0.0917. The largest absolute Gasteiger partial charge is 0.349 e. The molecule has 6 rings (SSSR count). The van der Waals surface area contributed by atoms with Crippen LogP contribution in [0.2, 0.25) is 0 Å². The van der Waals surface area contributed by atoms with E-state index >= 15 is 0 Å². The number of aromatic nitrogens is 3. The third-order valence-corrected chi connectivity index (χ3v) is 8.59. The molecule has 2 aromatic carbocycles. The summed E-state index contributed by atoms with van der Waals surface area (Å²) in [5.41, 5.74) is 5.71. The Hall–Kier alpha value is -3.28. The second-order valence-electron chi connectivity index (χ2n) is 10.9. The molecule has 2 aliphatic carbocycles. The molecule has 2 saturated carbocycles. The summed E-state index contributed by atoms with van der Waals surface area (Å²) in [6, 6.07) is 11.2. The number of H-pyrrole nitrogens is 1. The van der Waals surface area contributed by atoms with E-state index in [4.69, 9.17) is 4.98 Å². The zero-order chi connectivity index (χ0) is 24.8. The van der Waals surface area contributed by atoms with E-state index in [9.17, 15) is 9.18 Å². The summed E-state index contributed by atoms with van der Waals surface area (Å²) < 4.78 is 13.9. The Balaban J connectivity index is 1.17. The highest BCUT2D eigenvalue weighted by atomic mass is 19.1. The predicted molar refractivity (Wildman–Crippen MR) is 141 cm³/mol. The summed E-state index contributed by atoms with van der Waals surface area (Å²) in [4.78, 5) is 25.6. The minimum atomic E-state index is -0.206. The van der Waals surface area contributed by atoms with E-state index in [1.165, 1.54) is 18.1 Å². The molecule has 0 radical (unpaired) electrons. The highest BCUT2D eigenvalue weighted by Crippen LogP contribution is 2.43. The number of pyridine rings is 1. The van der Waals surface area contributed by atoms with Gasteiger partial charge in [-0.05, 0) is 111 Å². The minimum Gasteiger partial charge on any atom is -0.349 e. The lowest BCUT2D eigenvalue weighted by atomic mass is 9.73. The smallest absolute Gasteiger partial charge is 0.251 e. The van der Waals surface area contributed by atoms with Gasteiger partial charge >= 0.3 is 0 Å². The number of nitrogens with one attached hydrogen (secondary N) is 2. The molecule has 0 saturated heterocycles. The van der Waals surface area contributed by atoms with Crippen molar-refractivity contribution in [2.24, 2.45) is 5.92 Å². The van der Waals surface area contributed by atoms with Gasteiger partial charge in [0.05, 0.1) is 16.6 Å². The number of rotatable bonds is 5. The molecule has 4 aromatic rings. The summed E-state index contributed by atoms with van der Waals surface area (Å²) >= 11 is 0. The molecule has 2 heterocycles. The van der Waals surface area contributed by atoms with E-state index in [0.29, 0.717) is 29.4 Å². The molecular weight excluding hydrogens is 451 g/mol. The van der Waals surface area contributed by atoms with Crippen molar-refractivity contribution in [2.75, 3.05) is 0 Å². The molecule has 0 aliphatic heterocycles. The Bertz CT molecular complexity index is 1430. The summed E-state index contributed by atoms with van der Waals surface area (Å²) in [5.74, 6) is 2.07. The summed E-state index contributed by atoms with van der Waals surface area (Å²) in [6.45, 7) is 4.30. The van der Waals surface area contributed by atoms with E-state index in [-0.39, 0.29) is 11.7 Å². The zero-order valence-electron chi connectivity index (χ0n) is 21.0. The topological polar surface area (TPSA) is 70.7 Å². The van der Waals surface area contributed by atoms with Crippen molar-refractivity contribution in [1.29, 1.82) is 0 Å². The van der Waals surface area contributed by atoms with Crippen molar-refractivity contribution in [3.05, 3.63) is 70.9 Å². The van der Waals surface area contributed by atoms with Gasteiger partial charge < -0.3 is 10.3 Å². The van der Waals surface area contributed by atoms with E-state index in [0.717, 1.165) is 71.8 Å². The first-order valence-corrected chi connectivity index (χ1v) is 13.3. The van der Waals surface area contributed by atoms with E-state index in [2.05, 4.69) is 28.3 Å². The lowest BCUT2D eigenvalue weighted by Gasteiger charge is -2.32. The number of aromatic amines is 1. The quantitative estimate of drug-likeness (QED) is 0.323. The summed E-state index contributed by atoms with van der Waals surface area (Å²) in [5, 5.41) is 4.08. The second kappa shape index (κ2) is 9.30. The normalized spacial score (nSPS) is 21.4. The van der Waals surface area contributed by atoms with E-state index < -0.39 is 0 Å². The van der Waals surface area contributed by atoms with Gasteiger partial charge in [0.25, 0.3) is 5.91 Å². The number of aryl methyl sites for hydroxylation is 1. The second-order valence-corrected chi connectivity index (χ2v) is 10.9. The fourth-order valence-electron chi connectivity index (χ4n) is 6.13. The molecule has 2 aliphatic rings. The molecule has 0 spiro atoms. The maximum Gasteiger partial charge on any atom is 0.251 e. The van der Waals surface area contributed by atoms with Crippen LogP contribution in [-0.2, 0) is 0 Å². The lowest BCUT2D eigenvalue weighted by Crippen LogP contribution is -2.39. The predicted octanol–water partition coefficient (Wildman–Crippen LogP) is 6.92. The van der Waals surface area contributed by atoms with Crippen LogP contribution in [-0.4, -0.2) is 26.9 Å². The average molecular weight is 485 g/mol. The molecule has 5 nitrogen and oxygen atoms in total. The Morgan fingerprint density at radius 2 is 1.89 bits per heavy atom. The van der Waals surface area contributed by atoms with Crippen LogP contribution in [0.4, 0.5) is 4.39 Å². The molecule has 2 aromatic heterocycles. The van der Waals surface area contributed by atoms with Crippen molar-refractivity contribution in [2.45, 2.75) is 76.7 Å². The van der Waals surface area contributed by atoms with Crippen LogP contribution in [0.25, 0.3) is 21.9 Å². The summed E-state index contributed by atoms with van der Waals surface area (Å²) in [7, 11) is 0. The van der Waals surface area contributed by atoms with Crippen LogP contribution in [0, 0.1) is 18.7 Å². The van der Waals surface area contributed by atoms with Crippen molar-refractivity contribution in [1.82, 2.24) is 20.3 Å². The molecule has 1 amide bonds. The van der Waals surface area contributed by atoms with Gasteiger partial charge in [-0.25, -0.2) is 9.37 Å². The highest BCUT2D eigenvalue weighted by Gasteiger charge is 2.29. The van der Waals surface area contributed by atoms with Crippen molar-refractivity contribution in [3.8, 4) is 0 Å². The number of benzene rings is 2. The number of carbonyl (C=O) groups is 1. The van der Waals surface area contributed by atoms with Crippen LogP contribution in [0.1, 0.15) is 91.0 Å². The molecule has 2 N–H and O–H groups in total. The fourth-order valence-corrected chi connectivity index (χ4v) is 6.13. The molecule has 2 fully saturated rings.